The van der Waals surface area contributed by atoms with Gasteiger partial charge in [0.2, 0.25) is 0 Å². The Bertz CT molecular complexity index is 1070. The predicted octanol–water partition coefficient (Wildman–Crippen LogP) is 4.32. The molecule has 3 aromatic carbocycles. The van der Waals surface area contributed by atoms with Gasteiger partial charge in [0.1, 0.15) is 5.75 Å². The molecule has 0 bridgehead atoms. The first-order chi connectivity index (χ1) is 15.6. The van der Waals surface area contributed by atoms with Crippen molar-refractivity contribution in [2.24, 2.45) is 0 Å². The highest BCUT2D eigenvalue weighted by molar-refractivity contribution is 6.31. The van der Waals surface area contributed by atoms with E-state index in [2.05, 4.69) is 22.3 Å². The highest BCUT2D eigenvalue weighted by atomic mass is 35.5. The molecule has 1 aliphatic rings. The van der Waals surface area contributed by atoms with Crippen LogP contribution >= 0.6 is 11.6 Å². The maximum Gasteiger partial charge on any atom is 0.260 e. The van der Waals surface area contributed by atoms with Crippen LogP contribution in [0.4, 0.5) is 11.4 Å². The first kappa shape index (κ1) is 21.7. The zero-order valence-electron chi connectivity index (χ0n) is 17.5. The second kappa shape index (κ2) is 10.2. The third-order valence-corrected chi connectivity index (χ3v) is 5.56. The number of amides is 2. The van der Waals surface area contributed by atoms with Crippen molar-refractivity contribution in [1.82, 2.24) is 4.90 Å². The summed E-state index contributed by atoms with van der Waals surface area (Å²) in [5.41, 5.74) is 2.10. The number of para-hydroxylation sites is 2. The van der Waals surface area contributed by atoms with E-state index < -0.39 is 0 Å². The lowest BCUT2D eigenvalue weighted by atomic mass is 10.1. The number of anilines is 2. The van der Waals surface area contributed by atoms with Gasteiger partial charge in [-0.3, -0.25) is 9.59 Å². The lowest BCUT2D eigenvalue weighted by molar-refractivity contribution is -0.133. The lowest BCUT2D eigenvalue weighted by Crippen LogP contribution is -2.50. The molecule has 0 aliphatic carbocycles. The van der Waals surface area contributed by atoms with Crippen molar-refractivity contribution < 1.29 is 14.3 Å². The van der Waals surface area contributed by atoms with E-state index in [9.17, 15) is 9.59 Å². The molecule has 3 aromatic rings. The number of nitrogens with one attached hydrogen (secondary N) is 1. The summed E-state index contributed by atoms with van der Waals surface area (Å²) in [6, 6.07) is 24.1. The number of nitrogens with zero attached hydrogens (tertiary/aromatic N) is 2. The molecule has 164 valence electrons. The Morgan fingerprint density at radius 2 is 1.53 bits per heavy atom. The molecule has 6 nitrogen and oxygen atoms in total. The smallest absolute Gasteiger partial charge is 0.260 e. The number of benzene rings is 3. The van der Waals surface area contributed by atoms with E-state index in [1.807, 2.05) is 36.4 Å². The number of hydrogen-bond donors (Lipinski definition) is 1. The van der Waals surface area contributed by atoms with Crippen LogP contribution in [0.5, 0.6) is 5.75 Å². The predicted molar refractivity (Wildman–Crippen MR) is 127 cm³/mol. The zero-order valence-corrected chi connectivity index (χ0v) is 18.3. The molecular weight excluding hydrogens is 426 g/mol. The van der Waals surface area contributed by atoms with Gasteiger partial charge in [-0.25, -0.2) is 0 Å². The van der Waals surface area contributed by atoms with Gasteiger partial charge in [-0.05, 0) is 42.5 Å². The summed E-state index contributed by atoms with van der Waals surface area (Å²) >= 11 is 6.10. The number of ether oxygens (including phenoxy) is 1. The largest absolute Gasteiger partial charge is 0.483 e. The molecule has 0 unspecified atom stereocenters. The molecule has 0 spiro atoms. The molecule has 32 heavy (non-hydrogen) atoms. The van der Waals surface area contributed by atoms with Crippen LogP contribution in [0.25, 0.3) is 0 Å². The average molecular weight is 450 g/mol. The van der Waals surface area contributed by atoms with Gasteiger partial charge in [0, 0.05) is 42.6 Å². The van der Waals surface area contributed by atoms with Gasteiger partial charge in [-0.1, -0.05) is 48.0 Å². The van der Waals surface area contributed by atoms with Gasteiger partial charge in [0.15, 0.2) is 6.61 Å². The number of carbonyl (C=O) groups is 2. The standard InChI is InChI=1S/C25H24ClN3O3/c26-19-11-12-23(22(17-19)25(31)27-20-7-3-1-4-8-20)32-18-24(30)29-15-13-28(14-16-29)21-9-5-2-6-10-21/h1-12,17H,13-16,18H2,(H,27,31). The van der Waals surface area contributed by atoms with Crippen LogP contribution in [0.3, 0.4) is 0 Å². The summed E-state index contributed by atoms with van der Waals surface area (Å²) in [7, 11) is 0. The SMILES string of the molecule is O=C(Nc1ccccc1)c1cc(Cl)ccc1OCC(=O)N1CCN(c2ccccc2)CC1. The molecule has 0 aromatic heterocycles. The molecule has 1 saturated heterocycles. The summed E-state index contributed by atoms with van der Waals surface area (Å²) in [6.07, 6.45) is 0. The van der Waals surface area contributed by atoms with E-state index in [1.54, 1.807) is 29.2 Å². The maximum absolute atomic E-state index is 12.8. The second-order valence-corrected chi connectivity index (χ2v) is 7.89. The molecule has 0 saturated carbocycles. The summed E-state index contributed by atoms with van der Waals surface area (Å²) in [5, 5.41) is 3.23. The van der Waals surface area contributed by atoms with Crippen molar-refractivity contribution in [3.63, 3.8) is 0 Å². The number of carbonyl (C=O) groups excluding carboxylic acids is 2. The monoisotopic (exact) mass is 449 g/mol. The van der Waals surface area contributed by atoms with Crippen LogP contribution < -0.4 is 15.0 Å². The molecular formula is C25H24ClN3O3. The second-order valence-electron chi connectivity index (χ2n) is 7.45. The van der Waals surface area contributed by atoms with E-state index in [-0.39, 0.29) is 24.0 Å². The van der Waals surface area contributed by atoms with E-state index in [0.29, 0.717) is 29.5 Å². The van der Waals surface area contributed by atoms with Gasteiger partial charge in [-0.15, -0.1) is 0 Å². The van der Waals surface area contributed by atoms with Crippen LogP contribution in [-0.4, -0.2) is 49.5 Å². The Morgan fingerprint density at radius 3 is 2.22 bits per heavy atom. The van der Waals surface area contributed by atoms with Gasteiger partial charge < -0.3 is 19.9 Å². The summed E-state index contributed by atoms with van der Waals surface area (Å²) in [4.78, 5) is 29.5. The molecule has 7 heteroatoms. The minimum Gasteiger partial charge on any atom is -0.483 e. The van der Waals surface area contributed by atoms with E-state index in [1.165, 1.54) is 6.07 Å². The van der Waals surface area contributed by atoms with Crippen molar-refractivity contribution >= 4 is 34.8 Å². The Hall–Kier alpha value is -3.51. The Morgan fingerprint density at radius 1 is 0.875 bits per heavy atom. The fraction of sp³-hybridized carbons (Fsp3) is 0.200. The van der Waals surface area contributed by atoms with Crippen molar-refractivity contribution in [3.05, 3.63) is 89.4 Å². The van der Waals surface area contributed by atoms with Crippen LogP contribution in [0.1, 0.15) is 10.4 Å². The first-order valence-corrected chi connectivity index (χ1v) is 10.8. The van der Waals surface area contributed by atoms with Crippen molar-refractivity contribution in [2.75, 3.05) is 43.0 Å². The molecule has 1 aliphatic heterocycles. The zero-order chi connectivity index (χ0) is 22.3. The number of piperazine rings is 1. The molecule has 2 amide bonds. The molecule has 0 atom stereocenters. The molecule has 4 rings (SSSR count). The minimum atomic E-state index is -0.349. The fourth-order valence-corrected chi connectivity index (χ4v) is 3.78. The third kappa shape index (κ3) is 5.39. The van der Waals surface area contributed by atoms with E-state index in [0.717, 1.165) is 18.8 Å². The van der Waals surface area contributed by atoms with Gasteiger partial charge in [0.25, 0.3) is 11.8 Å². The van der Waals surface area contributed by atoms with Gasteiger partial charge in [-0.2, -0.15) is 0 Å². The minimum absolute atomic E-state index is 0.109. The van der Waals surface area contributed by atoms with E-state index in [4.69, 9.17) is 16.3 Å². The Kier molecular flexibility index (Phi) is 6.92. The van der Waals surface area contributed by atoms with Crippen molar-refractivity contribution in [3.8, 4) is 5.75 Å². The highest BCUT2D eigenvalue weighted by Crippen LogP contribution is 2.24. The van der Waals surface area contributed by atoms with Crippen LogP contribution in [0.15, 0.2) is 78.9 Å². The Balaban J connectivity index is 1.35. The number of halogens is 1. The fourth-order valence-electron chi connectivity index (χ4n) is 3.61. The summed E-state index contributed by atoms with van der Waals surface area (Å²) < 4.78 is 5.75. The number of hydrogen-bond acceptors (Lipinski definition) is 4. The van der Waals surface area contributed by atoms with Crippen LogP contribution in [-0.2, 0) is 4.79 Å². The van der Waals surface area contributed by atoms with E-state index >= 15 is 0 Å². The lowest BCUT2D eigenvalue weighted by Gasteiger charge is -2.36. The number of rotatable bonds is 6. The highest BCUT2D eigenvalue weighted by Gasteiger charge is 2.22. The first-order valence-electron chi connectivity index (χ1n) is 10.5. The maximum atomic E-state index is 12.8. The van der Waals surface area contributed by atoms with Crippen LogP contribution in [0.2, 0.25) is 5.02 Å². The average Bonchev–Trinajstić information content (AvgIpc) is 2.84. The third-order valence-electron chi connectivity index (χ3n) is 5.32. The van der Waals surface area contributed by atoms with Crippen LogP contribution in [0, 0.1) is 0 Å². The molecule has 1 heterocycles. The topological polar surface area (TPSA) is 61.9 Å². The van der Waals surface area contributed by atoms with Crippen molar-refractivity contribution in [1.29, 1.82) is 0 Å². The van der Waals surface area contributed by atoms with Crippen molar-refractivity contribution in [2.45, 2.75) is 0 Å². The molecule has 1 N–H and O–H groups in total. The summed E-state index contributed by atoms with van der Waals surface area (Å²) in [6.45, 7) is 2.64. The molecule has 0 radical (unpaired) electrons. The quantitative estimate of drug-likeness (QED) is 0.608. The van der Waals surface area contributed by atoms with Gasteiger partial charge >= 0.3 is 0 Å². The summed E-state index contributed by atoms with van der Waals surface area (Å²) in [5.74, 6) is -0.140. The van der Waals surface area contributed by atoms with Gasteiger partial charge in [0.05, 0.1) is 5.56 Å². The molecule has 1 fully saturated rings. The normalized spacial score (nSPS) is 13.5. The Labute approximate surface area is 192 Å².